The van der Waals surface area contributed by atoms with Crippen molar-refractivity contribution in [1.82, 2.24) is 0 Å². The molecule has 1 aromatic carbocycles. The molecule has 1 fully saturated rings. The highest BCUT2D eigenvalue weighted by molar-refractivity contribution is 8.20. The molecule has 84 valence electrons. The number of ether oxygens (including phenoxy) is 1. The van der Waals surface area contributed by atoms with Gasteiger partial charge in [-0.2, -0.15) is 0 Å². The molecule has 0 spiro atoms. The second-order valence-corrected chi connectivity index (χ2v) is 4.98. The van der Waals surface area contributed by atoms with E-state index in [1.165, 1.54) is 5.56 Å². The normalized spacial score (nSPS) is 26.9. The van der Waals surface area contributed by atoms with Gasteiger partial charge in [-0.1, -0.05) is 48.7 Å². The summed E-state index contributed by atoms with van der Waals surface area (Å²) in [6.07, 6.45) is 0. The minimum Gasteiger partial charge on any atom is -0.363 e. The molecule has 1 atom stereocenters. The first-order chi connectivity index (χ1) is 7.69. The fourth-order valence-electron chi connectivity index (χ4n) is 1.76. The Morgan fingerprint density at radius 1 is 1.38 bits per heavy atom. The maximum atomic E-state index is 4.98. The van der Waals surface area contributed by atoms with Crippen LogP contribution in [0, 0.1) is 0 Å². The number of nitrogens with zero attached hydrogens (tertiary/aromatic N) is 1. The number of thioether (sulfide) groups is 1. The number of hydrogen-bond acceptors (Lipinski definition) is 3. The van der Waals surface area contributed by atoms with E-state index < -0.39 is 0 Å². The van der Waals surface area contributed by atoms with Crippen molar-refractivity contribution >= 4 is 16.8 Å². The highest BCUT2D eigenvalue weighted by Gasteiger charge is 2.45. The highest BCUT2D eigenvalue weighted by Crippen LogP contribution is 2.52. The molecule has 3 heteroatoms. The van der Waals surface area contributed by atoms with Crippen LogP contribution in [-0.4, -0.2) is 18.9 Å². The Kier molecular flexibility index (Phi) is 3.17. The third-order valence-electron chi connectivity index (χ3n) is 2.89. The molecule has 0 radical (unpaired) electrons. The van der Waals surface area contributed by atoms with Gasteiger partial charge in [-0.15, -0.1) is 0 Å². The molecule has 0 aromatic heterocycles. The lowest BCUT2D eigenvalue weighted by Crippen LogP contribution is -2.40. The van der Waals surface area contributed by atoms with Crippen LogP contribution in [0.5, 0.6) is 0 Å². The van der Waals surface area contributed by atoms with Crippen LogP contribution in [0.4, 0.5) is 0 Å². The van der Waals surface area contributed by atoms with Gasteiger partial charge in [0.2, 0.25) is 0 Å². The number of aliphatic imine (C=N–C) groups is 1. The molecule has 1 saturated heterocycles. The molecule has 2 rings (SSSR count). The summed E-state index contributed by atoms with van der Waals surface area (Å²) >= 11 is 1.65. The number of rotatable bonds is 3. The third kappa shape index (κ3) is 1.70. The lowest BCUT2D eigenvalue weighted by molar-refractivity contribution is 0.208. The number of allylic oxidation sites excluding steroid dienone is 1. The number of methoxy groups -OCH3 is 1. The first-order valence-electron chi connectivity index (χ1n) is 5.16. The molecule has 1 aliphatic heterocycles. The van der Waals surface area contributed by atoms with Gasteiger partial charge in [0.25, 0.3) is 0 Å². The standard InChI is InChI=1S/C13H15NOS/c1-10-13(2,11-7-5-4-6-8-11)12(16-10)14-9-15-3/h4-8H,1,9H2,2-3H3/b14-12-. The molecule has 0 amide bonds. The summed E-state index contributed by atoms with van der Waals surface area (Å²) in [5, 5.41) is 1.09. The highest BCUT2D eigenvalue weighted by atomic mass is 32.2. The topological polar surface area (TPSA) is 21.6 Å². The van der Waals surface area contributed by atoms with Crippen molar-refractivity contribution in [2.24, 2.45) is 4.99 Å². The van der Waals surface area contributed by atoms with E-state index in [4.69, 9.17) is 4.74 Å². The van der Waals surface area contributed by atoms with Gasteiger partial charge in [0.1, 0.15) is 6.73 Å². The van der Waals surface area contributed by atoms with Gasteiger partial charge in [-0.05, 0) is 12.5 Å². The summed E-state index contributed by atoms with van der Waals surface area (Å²) in [5.41, 5.74) is 1.12. The average Bonchev–Trinajstić information content (AvgIpc) is 2.34. The van der Waals surface area contributed by atoms with E-state index in [9.17, 15) is 0 Å². The predicted molar refractivity (Wildman–Crippen MR) is 69.8 cm³/mol. The van der Waals surface area contributed by atoms with Crippen molar-refractivity contribution in [3.63, 3.8) is 0 Å². The molecule has 0 bridgehead atoms. The Labute approximate surface area is 100 Å². The minimum atomic E-state index is -0.121. The summed E-state index contributed by atoms with van der Waals surface area (Å²) in [6, 6.07) is 10.4. The van der Waals surface area contributed by atoms with Gasteiger partial charge in [0.15, 0.2) is 0 Å². The van der Waals surface area contributed by atoms with E-state index in [1.54, 1.807) is 18.9 Å². The summed E-state index contributed by atoms with van der Waals surface area (Å²) in [4.78, 5) is 5.57. The van der Waals surface area contributed by atoms with Crippen molar-refractivity contribution < 1.29 is 4.74 Å². The van der Waals surface area contributed by atoms with E-state index >= 15 is 0 Å². The Bertz CT molecular complexity index is 427. The predicted octanol–water partition coefficient (Wildman–Crippen LogP) is 3.21. The van der Waals surface area contributed by atoms with Crippen molar-refractivity contribution in [1.29, 1.82) is 0 Å². The number of hydrogen-bond donors (Lipinski definition) is 0. The van der Waals surface area contributed by atoms with Crippen LogP contribution in [0.15, 0.2) is 46.8 Å². The average molecular weight is 233 g/mol. The van der Waals surface area contributed by atoms with Crippen molar-refractivity contribution in [3.05, 3.63) is 47.4 Å². The van der Waals surface area contributed by atoms with Crippen LogP contribution in [-0.2, 0) is 10.2 Å². The minimum absolute atomic E-state index is 0.121. The van der Waals surface area contributed by atoms with Crippen LogP contribution >= 0.6 is 11.8 Å². The summed E-state index contributed by atoms with van der Waals surface area (Å²) < 4.78 is 4.98. The van der Waals surface area contributed by atoms with E-state index in [1.807, 2.05) is 18.2 Å². The molecule has 1 unspecified atom stereocenters. The summed E-state index contributed by atoms with van der Waals surface area (Å²) in [6.45, 7) is 6.67. The Balaban J connectivity index is 2.33. The maximum Gasteiger partial charge on any atom is 0.138 e. The zero-order valence-electron chi connectivity index (χ0n) is 9.56. The summed E-state index contributed by atoms with van der Waals surface area (Å²) in [7, 11) is 1.65. The lowest BCUT2D eigenvalue weighted by Gasteiger charge is -2.42. The molecule has 1 aliphatic rings. The van der Waals surface area contributed by atoms with Gasteiger partial charge in [-0.25, -0.2) is 0 Å². The smallest absolute Gasteiger partial charge is 0.138 e. The van der Waals surface area contributed by atoms with Crippen molar-refractivity contribution in [2.75, 3.05) is 13.8 Å². The second kappa shape index (κ2) is 4.44. The molecule has 2 nitrogen and oxygen atoms in total. The van der Waals surface area contributed by atoms with E-state index in [0.717, 1.165) is 9.95 Å². The SMILES string of the molecule is C=C1S/C(=N\COC)C1(C)c1ccccc1. The molecule has 0 saturated carbocycles. The van der Waals surface area contributed by atoms with E-state index in [-0.39, 0.29) is 5.41 Å². The van der Waals surface area contributed by atoms with Gasteiger partial charge < -0.3 is 4.74 Å². The van der Waals surface area contributed by atoms with Crippen LogP contribution in [0.3, 0.4) is 0 Å². The van der Waals surface area contributed by atoms with Gasteiger partial charge in [0, 0.05) is 12.0 Å². The first kappa shape index (κ1) is 11.4. The Morgan fingerprint density at radius 3 is 2.62 bits per heavy atom. The van der Waals surface area contributed by atoms with Crippen molar-refractivity contribution in [3.8, 4) is 0 Å². The van der Waals surface area contributed by atoms with Gasteiger partial charge >= 0.3 is 0 Å². The molecular weight excluding hydrogens is 218 g/mol. The lowest BCUT2D eigenvalue weighted by atomic mass is 9.82. The monoisotopic (exact) mass is 233 g/mol. The molecule has 0 N–H and O–H groups in total. The molecular formula is C13H15NOS. The first-order valence-corrected chi connectivity index (χ1v) is 5.98. The van der Waals surface area contributed by atoms with E-state index in [0.29, 0.717) is 6.73 Å². The molecule has 1 aromatic rings. The van der Waals surface area contributed by atoms with E-state index in [2.05, 4.69) is 30.6 Å². The van der Waals surface area contributed by atoms with Crippen LogP contribution in [0.25, 0.3) is 0 Å². The molecule has 16 heavy (non-hydrogen) atoms. The van der Waals surface area contributed by atoms with Crippen LogP contribution in [0.1, 0.15) is 12.5 Å². The van der Waals surface area contributed by atoms with Crippen molar-refractivity contribution in [2.45, 2.75) is 12.3 Å². The number of benzene rings is 1. The van der Waals surface area contributed by atoms with Gasteiger partial charge in [-0.3, -0.25) is 4.99 Å². The zero-order chi connectivity index (χ0) is 11.6. The second-order valence-electron chi connectivity index (χ2n) is 3.90. The maximum absolute atomic E-state index is 4.98. The fraction of sp³-hybridized carbons (Fsp3) is 0.308. The Hall–Kier alpha value is -1.06. The molecule has 0 aliphatic carbocycles. The fourth-order valence-corrected chi connectivity index (χ4v) is 2.82. The quantitative estimate of drug-likeness (QED) is 0.799. The van der Waals surface area contributed by atoms with Gasteiger partial charge in [0.05, 0.1) is 10.5 Å². The summed E-state index contributed by atoms with van der Waals surface area (Å²) in [5.74, 6) is 0. The van der Waals surface area contributed by atoms with Crippen LogP contribution in [0.2, 0.25) is 0 Å². The largest absolute Gasteiger partial charge is 0.363 e. The third-order valence-corrected chi connectivity index (χ3v) is 4.28. The van der Waals surface area contributed by atoms with Crippen LogP contribution < -0.4 is 0 Å². The zero-order valence-corrected chi connectivity index (χ0v) is 10.4. The Morgan fingerprint density at radius 2 is 2.06 bits per heavy atom. The molecule has 1 heterocycles.